The first-order valence-corrected chi connectivity index (χ1v) is 11.7. The van der Waals surface area contributed by atoms with E-state index in [1.165, 1.54) is 4.88 Å². The van der Waals surface area contributed by atoms with Crippen LogP contribution in [0, 0.1) is 0 Å². The summed E-state index contributed by atoms with van der Waals surface area (Å²) in [5.74, 6) is 1.78. The van der Waals surface area contributed by atoms with Crippen molar-refractivity contribution in [1.82, 2.24) is 29.7 Å². The minimum Gasteiger partial charge on any atom is -0.379 e. The summed E-state index contributed by atoms with van der Waals surface area (Å²) >= 11 is 1.71. The second-order valence-corrected chi connectivity index (χ2v) is 9.29. The van der Waals surface area contributed by atoms with Crippen LogP contribution in [-0.2, 0) is 11.3 Å². The Hall–Kier alpha value is -2.44. The van der Waals surface area contributed by atoms with Crippen molar-refractivity contribution < 1.29 is 9.84 Å². The fourth-order valence-corrected chi connectivity index (χ4v) is 5.21. The second kappa shape index (κ2) is 9.20. The van der Waals surface area contributed by atoms with Crippen molar-refractivity contribution in [3.05, 3.63) is 23.3 Å². The van der Waals surface area contributed by atoms with Crippen molar-refractivity contribution in [2.24, 2.45) is 0 Å². The van der Waals surface area contributed by atoms with Crippen molar-refractivity contribution in [2.75, 3.05) is 63.1 Å². The summed E-state index contributed by atoms with van der Waals surface area (Å²) in [6.45, 7) is 9.32. The van der Waals surface area contributed by atoms with Gasteiger partial charge in [0.15, 0.2) is 5.82 Å². The Balaban J connectivity index is 1.45. The molecule has 0 aromatic carbocycles. The molecule has 0 bridgehead atoms. The van der Waals surface area contributed by atoms with E-state index < -0.39 is 0 Å². The number of ether oxygens (including phenoxy) is 1. The molecule has 0 radical (unpaired) electrons. The summed E-state index contributed by atoms with van der Waals surface area (Å²) in [5, 5.41) is 10.9. The van der Waals surface area contributed by atoms with Crippen LogP contribution in [-0.4, -0.2) is 93.6 Å². The maximum absolute atomic E-state index is 9.80. The molecular weight excluding hydrogens is 428 g/mol. The minimum absolute atomic E-state index is 0.234. The Morgan fingerprint density at radius 1 is 1.09 bits per heavy atom. The molecule has 0 spiro atoms. The van der Waals surface area contributed by atoms with Gasteiger partial charge in [0.05, 0.1) is 24.2 Å². The Morgan fingerprint density at radius 3 is 2.50 bits per heavy atom. The van der Waals surface area contributed by atoms with Crippen LogP contribution in [0.4, 0.5) is 11.8 Å². The first-order valence-electron chi connectivity index (χ1n) is 10.9. The molecule has 5 heterocycles. The lowest BCUT2D eigenvalue weighted by molar-refractivity contribution is -0.0140. The summed E-state index contributed by atoms with van der Waals surface area (Å²) in [6.07, 6.45) is 2.95. The summed E-state index contributed by atoms with van der Waals surface area (Å²) in [4.78, 5) is 27.0. The van der Waals surface area contributed by atoms with Crippen LogP contribution in [0.15, 0.2) is 18.5 Å². The molecule has 3 N–H and O–H groups in total. The van der Waals surface area contributed by atoms with Crippen molar-refractivity contribution in [2.45, 2.75) is 19.7 Å². The molecule has 0 aliphatic carbocycles. The van der Waals surface area contributed by atoms with Gasteiger partial charge in [-0.1, -0.05) is 0 Å². The van der Waals surface area contributed by atoms with Crippen LogP contribution in [0.1, 0.15) is 11.8 Å². The third-order valence-corrected chi connectivity index (χ3v) is 6.99. The average Bonchev–Trinajstić information content (AvgIpc) is 3.22. The lowest BCUT2D eigenvalue weighted by Crippen LogP contribution is -2.49. The largest absolute Gasteiger partial charge is 0.379 e. The minimum atomic E-state index is -0.386. The molecule has 2 fully saturated rings. The second-order valence-electron chi connectivity index (χ2n) is 8.18. The van der Waals surface area contributed by atoms with Gasteiger partial charge < -0.3 is 20.5 Å². The fraction of sp³-hybridized carbons (Fsp3) is 0.524. The summed E-state index contributed by atoms with van der Waals surface area (Å²) in [7, 11) is 0. The van der Waals surface area contributed by atoms with E-state index in [0.29, 0.717) is 19.0 Å². The zero-order chi connectivity index (χ0) is 22.1. The van der Waals surface area contributed by atoms with E-state index in [1.807, 2.05) is 6.92 Å². The Labute approximate surface area is 190 Å². The number of aliphatic hydroxyl groups is 1. The van der Waals surface area contributed by atoms with Gasteiger partial charge in [-0.15, -0.1) is 11.3 Å². The van der Waals surface area contributed by atoms with Gasteiger partial charge >= 0.3 is 0 Å². The molecule has 2 aliphatic heterocycles. The van der Waals surface area contributed by atoms with Gasteiger partial charge in [-0.25, -0.2) is 19.9 Å². The molecular formula is C21H28N8O2S. The molecule has 10 nitrogen and oxygen atoms in total. The number of morpholine rings is 1. The van der Waals surface area contributed by atoms with Crippen LogP contribution in [0.25, 0.3) is 21.6 Å². The number of nitrogens with two attached hydrogens (primary N) is 1. The third kappa shape index (κ3) is 4.52. The molecule has 0 amide bonds. The molecule has 32 heavy (non-hydrogen) atoms. The molecule has 3 aromatic heterocycles. The highest BCUT2D eigenvalue weighted by Crippen LogP contribution is 2.34. The molecule has 1 unspecified atom stereocenters. The van der Waals surface area contributed by atoms with Gasteiger partial charge in [0.1, 0.15) is 16.9 Å². The van der Waals surface area contributed by atoms with Gasteiger partial charge in [0, 0.05) is 63.1 Å². The predicted octanol–water partition coefficient (Wildman–Crippen LogP) is 1.02. The van der Waals surface area contributed by atoms with E-state index in [4.69, 9.17) is 20.4 Å². The zero-order valence-electron chi connectivity index (χ0n) is 18.1. The molecule has 1 atom stereocenters. The number of hydrogen-bond acceptors (Lipinski definition) is 11. The third-order valence-electron chi connectivity index (χ3n) is 5.98. The van der Waals surface area contributed by atoms with Crippen molar-refractivity contribution in [1.29, 1.82) is 0 Å². The maximum atomic E-state index is 9.80. The van der Waals surface area contributed by atoms with E-state index in [9.17, 15) is 5.11 Å². The normalized spacial score (nSPS) is 19.5. The van der Waals surface area contributed by atoms with E-state index in [1.54, 1.807) is 23.7 Å². The van der Waals surface area contributed by atoms with E-state index in [2.05, 4.69) is 30.7 Å². The highest BCUT2D eigenvalue weighted by Gasteiger charge is 2.23. The highest BCUT2D eigenvalue weighted by molar-refractivity contribution is 7.18. The molecule has 11 heteroatoms. The van der Waals surface area contributed by atoms with Gasteiger partial charge in [0.25, 0.3) is 0 Å². The average molecular weight is 457 g/mol. The number of nitrogen functional groups attached to an aromatic ring is 1. The number of aliphatic hydroxyl groups excluding tert-OH is 1. The lowest BCUT2D eigenvalue weighted by atomic mass is 10.2. The van der Waals surface area contributed by atoms with Crippen LogP contribution < -0.4 is 10.6 Å². The zero-order valence-corrected chi connectivity index (χ0v) is 19.0. The Kier molecular flexibility index (Phi) is 6.15. The fourth-order valence-electron chi connectivity index (χ4n) is 4.15. The molecule has 170 valence electrons. The quantitative estimate of drug-likeness (QED) is 0.576. The van der Waals surface area contributed by atoms with Crippen LogP contribution in [0.3, 0.4) is 0 Å². The summed E-state index contributed by atoms with van der Waals surface area (Å²) in [5.41, 5.74) is 6.40. The molecule has 2 saturated heterocycles. The van der Waals surface area contributed by atoms with Gasteiger partial charge in [0.2, 0.25) is 5.95 Å². The highest BCUT2D eigenvalue weighted by atomic mass is 32.1. The standard InChI is InChI=1S/C21H28N8O2S/c1-14(30)28-4-2-27(3-5-28)13-16-10-17-19(29-6-8-31-9-7-29)25-18(26-20(17)32-16)15-11-23-21(22)24-12-15/h10-12,14,30H,2-9,13H2,1H3,(H2,22,23,24). The maximum Gasteiger partial charge on any atom is 0.219 e. The lowest BCUT2D eigenvalue weighted by Gasteiger charge is -2.35. The molecule has 2 aliphatic rings. The number of aromatic nitrogens is 4. The smallest absolute Gasteiger partial charge is 0.219 e. The van der Waals surface area contributed by atoms with E-state index in [-0.39, 0.29) is 12.2 Å². The van der Waals surface area contributed by atoms with Gasteiger partial charge in [-0.05, 0) is 13.0 Å². The van der Waals surface area contributed by atoms with Gasteiger partial charge in [-0.3, -0.25) is 9.80 Å². The number of piperazine rings is 1. The number of nitrogens with zero attached hydrogens (tertiary/aromatic N) is 7. The van der Waals surface area contributed by atoms with Crippen LogP contribution in [0.5, 0.6) is 0 Å². The first-order chi connectivity index (χ1) is 15.6. The molecule has 0 saturated carbocycles. The van der Waals surface area contributed by atoms with Crippen LogP contribution >= 0.6 is 11.3 Å². The van der Waals surface area contributed by atoms with Gasteiger partial charge in [-0.2, -0.15) is 0 Å². The monoisotopic (exact) mass is 456 g/mol. The number of rotatable bonds is 5. The number of anilines is 2. The summed E-state index contributed by atoms with van der Waals surface area (Å²) in [6, 6.07) is 2.23. The predicted molar refractivity (Wildman–Crippen MR) is 124 cm³/mol. The molecule has 5 rings (SSSR count). The van der Waals surface area contributed by atoms with Crippen molar-refractivity contribution in [3.63, 3.8) is 0 Å². The number of thiophene rings is 1. The number of hydrogen-bond donors (Lipinski definition) is 2. The van der Waals surface area contributed by atoms with Crippen LogP contribution in [0.2, 0.25) is 0 Å². The number of fused-ring (bicyclic) bond motifs is 1. The topological polar surface area (TPSA) is 117 Å². The molecule has 3 aromatic rings. The Morgan fingerprint density at radius 2 is 1.81 bits per heavy atom. The first kappa shape index (κ1) is 21.4. The van der Waals surface area contributed by atoms with Crippen molar-refractivity contribution in [3.8, 4) is 11.4 Å². The van der Waals surface area contributed by atoms with Crippen molar-refractivity contribution >= 4 is 33.3 Å². The van der Waals surface area contributed by atoms with E-state index >= 15 is 0 Å². The van der Waals surface area contributed by atoms with E-state index in [0.717, 1.165) is 67.4 Å². The Bertz CT molecular complexity index is 1060. The SMILES string of the molecule is CC(O)N1CCN(Cc2cc3c(N4CCOCC4)nc(-c4cnc(N)nc4)nc3s2)CC1. The summed E-state index contributed by atoms with van der Waals surface area (Å²) < 4.78 is 5.55.